The minimum Gasteiger partial charge on any atom is -0.374 e. The normalized spacial score (nSPS) is 13.3. The van der Waals surface area contributed by atoms with E-state index in [9.17, 15) is 0 Å². The number of rotatable bonds is 3. The highest BCUT2D eigenvalue weighted by atomic mass is 16.5. The standard InChI is InChI=1S/C11H15N3O/c1-7(15-2)11-13-9-5-3-4-8(6-12)10(9)14-11/h3-5,7H,6,12H2,1-2H3,(H,13,14). The van der Waals surface area contributed by atoms with Gasteiger partial charge >= 0.3 is 0 Å². The van der Waals surface area contributed by atoms with Crippen molar-refractivity contribution < 1.29 is 4.74 Å². The molecule has 0 aliphatic carbocycles. The largest absolute Gasteiger partial charge is 0.374 e. The third-order valence-corrected chi connectivity index (χ3v) is 2.57. The molecule has 0 aliphatic heterocycles. The summed E-state index contributed by atoms with van der Waals surface area (Å²) >= 11 is 0. The SMILES string of the molecule is COC(C)c1nc2c(CN)cccc2[nH]1. The van der Waals surface area contributed by atoms with Crippen LogP contribution in [0.15, 0.2) is 18.2 Å². The van der Waals surface area contributed by atoms with Crippen LogP contribution in [0.2, 0.25) is 0 Å². The van der Waals surface area contributed by atoms with Gasteiger partial charge in [0.25, 0.3) is 0 Å². The lowest BCUT2D eigenvalue weighted by Gasteiger charge is -2.03. The Kier molecular flexibility index (Phi) is 2.70. The number of hydrogen-bond donors (Lipinski definition) is 2. The molecule has 1 aromatic carbocycles. The van der Waals surface area contributed by atoms with E-state index in [4.69, 9.17) is 10.5 Å². The van der Waals surface area contributed by atoms with Crippen LogP contribution in [0.4, 0.5) is 0 Å². The Hall–Kier alpha value is -1.39. The van der Waals surface area contributed by atoms with Crippen LogP contribution in [0, 0.1) is 0 Å². The van der Waals surface area contributed by atoms with Gasteiger partial charge < -0.3 is 15.5 Å². The second-order valence-electron chi connectivity index (χ2n) is 3.52. The Bertz CT molecular complexity index is 464. The summed E-state index contributed by atoms with van der Waals surface area (Å²) in [5.41, 5.74) is 8.66. The van der Waals surface area contributed by atoms with Crippen molar-refractivity contribution in [3.8, 4) is 0 Å². The number of nitrogens with two attached hydrogens (primary N) is 1. The lowest BCUT2D eigenvalue weighted by molar-refractivity contribution is 0.113. The van der Waals surface area contributed by atoms with Crippen LogP contribution in [0.5, 0.6) is 0 Å². The zero-order valence-electron chi connectivity index (χ0n) is 8.95. The molecule has 0 saturated heterocycles. The zero-order chi connectivity index (χ0) is 10.8. The number of imidazole rings is 1. The number of H-pyrrole nitrogens is 1. The fourth-order valence-electron chi connectivity index (χ4n) is 1.58. The molecule has 3 N–H and O–H groups in total. The Morgan fingerprint density at radius 2 is 2.33 bits per heavy atom. The molecule has 0 bridgehead atoms. The summed E-state index contributed by atoms with van der Waals surface area (Å²) in [6, 6.07) is 5.96. The molecule has 0 radical (unpaired) electrons. The quantitative estimate of drug-likeness (QED) is 0.802. The van der Waals surface area contributed by atoms with Gasteiger partial charge in [-0.25, -0.2) is 4.98 Å². The first kappa shape index (κ1) is 10.1. The minimum absolute atomic E-state index is 0.0250. The summed E-state index contributed by atoms with van der Waals surface area (Å²) in [6.07, 6.45) is -0.0250. The molecular formula is C11H15N3O. The van der Waals surface area contributed by atoms with E-state index in [1.165, 1.54) is 0 Å². The van der Waals surface area contributed by atoms with Gasteiger partial charge in [-0.2, -0.15) is 0 Å². The van der Waals surface area contributed by atoms with E-state index in [1.54, 1.807) is 7.11 Å². The van der Waals surface area contributed by atoms with E-state index in [0.717, 1.165) is 22.4 Å². The highest BCUT2D eigenvalue weighted by molar-refractivity contribution is 5.78. The Balaban J connectivity index is 2.55. The molecular weight excluding hydrogens is 190 g/mol. The second kappa shape index (κ2) is 4.00. The number of nitrogens with zero attached hydrogens (tertiary/aromatic N) is 1. The molecule has 0 spiro atoms. The first-order valence-corrected chi connectivity index (χ1v) is 4.96. The number of aromatic amines is 1. The Morgan fingerprint density at radius 1 is 1.53 bits per heavy atom. The first-order chi connectivity index (χ1) is 7.26. The van der Waals surface area contributed by atoms with Crippen molar-refractivity contribution in [3.05, 3.63) is 29.6 Å². The molecule has 4 heteroatoms. The van der Waals surface area contributed by atoms with Crippen LogP contribution in [-0.4, -0.2) is 17.1 Å². The maximum atomic E-state index is 5.65. The fraction of sp³-hybridized carbons (Fsp3) is 0.364. The van der Waals surface area contributed by atoms with E-state index < -0.39 is 0 Å². The average molecular weight is 205 g/mol. The number of benzene rings is 1. The number of hydrogen-bond acceptors (Lipinski definition) is 3. The number of ether oxygens (including phenoxy) is 1. The van der Waals surface area contributed by atoms with Crippen LogP contribution in [0.3, 0.4) is 0 Å². The summed E-state index contributed by atoms with van der Waals surface area (Å²) in [4.78, 5) is 7.72. The van der Waals surface area contributed by atoms with Gasteiger partial charge in [0.2, 0.25) is 0 Å². The Labute approximate surface area is 88.5 Å². The van der Waals surface area contributed by atoms with Crippen molar-refractivity contribution in [2.75, 3.05) is 7.11 Å². The van der Waals surface area contributed by atoms with Gasteiger partial charge in [-0.1, -0.05) is 12.1 Å². The molecule has 1 aromatic heterocycles. The monoisotopic (exact) mass is 205 g/mol. The van der Waals surface area contributed by atoms with Crippen molar-refractivity contribution >= 4 is 11.0 Å². The fourth-order valence-corrected chi connectivity index (χ4v) is 1.58. The first-order valence-electron chi connectivity index (χ1n) is 4.96. The van der Waals surface area contributed by atoms with Crippen molar-refractivity contribution in [2.45, 2.75) is 19.6 Å². The van der Waals surface area contributed by atoms with Gasteiger partial charge in [0.1, 0.15) is 11.9 Å². The zero-order valence-corrected chi connectivity index (χ0v) is 8.95. The number of aromatic nitrogens is 2. The summed E-state index contributed by atoms with van der Waals surface area (Å²) < 4.78 is 5.21. The predicted molar refractivity (Wildman–Crippen MR) is 59.4 cm³/mol. The van der Waals surface area contributed by atoms with Crippen LogP contribution in [-0.2, 0) is 11.3 Å². The van der Waals surface area contributed by atoms with Crippen LogP contribution < -0.4 is 5.73 Å². The molecule has 1 unspecified atom stereocenters. The lowest BCUT2D eigenvalue weighted by Crippen LogP contribution is -1.98. The summed E-state index contributed by atoms with van der Waals surface area (Å²) in [5.74, 6) is 0.841. The minimum atomic E-state index is -0.0250. The van der Waals surface area contributed by atoms with E-state index in [2.05, 4.69) is 9.97 Å². The molecule has 0 fully saturated rings. The molecule has 1 heterocycles. The smallest absolute Gasteiger partial charge is 0.136 e. The highest BCUT2D eigenvalue weighted by Crippen LogP contribution is 2.20. The van der Waals surface area contributed by atoms with Gasteiger partial charge in [-0.15, -0.1) is 0 Å². The van der Waals surface area contributed by atoms with E-state index in [-0.39, 0.29) is 6.10 Å². The molecule has 4 nitrogen and oxygen atoms in total. The third-order valence-electron chi connectivity index (χ3n) is 2.57. The van der Waals surface area contributed by atoms with Gasteiger partial charge in [-0.05, 0) is 18.6 Å². The average Bonchev–Trinajstić information content (AvgIpc) is 2.71. The van der Waals surface area contributed by atoms with E-state index >= 15 is 0 Å². The topological polar surface area (TPSA) is 63.9 Å². The molecule has 0 amide bonds. The molecule has 15 heavy (non-hydrogen) atoms. The number of para-hydroxylation sites is 1. The number of fused-ring (bicyclic) bond motifs is 1. The van der Waals surface area contributed by atoms with E-state index in [1.807, 2.05) is 25.1 Å². The van der Waals surface area contributed by atoms with Crippen molar-refractivity contribution in [3.63, 3.8) is 0 Å². The number of nitrogens with one attached hydrogen (secondary N) is 1. The predicted octanol–water partition coefficient (Wildman–Crippen LogP) is 1.73. The maximum absolute atomic E-state index is 5.65. The van der Waals surface area contributed by atoms with E-state index in [0.29, 0.717) is 6.54 Å². The molecule has 1 atom stereocenters. The summed E-state index contributed by atoms with van der Waals surface area (Å²) in [7, 11) is 1.67. The van der Waals surface area contributed by atoms with Gasteiger partial charge in [-0.3, -0.25) is 0 Å². The van der Waals surface area contributed by atoms with Crippen molar-refractivity contribution in [1.82, 2.24) is 9.97 Å². The molecule has 0 aliphatic rings. The molecule has 80 valence electrons. The van der Waals surface area contributed by atoms with Crippen LogP contribution in [0.1, 0.15) is 24.4 Å². The summed E-state index contributed by atoms with van der Waals surface area (Å²) in [5, 5.41) is 0. The van der Waals surface area contributed by atoms with Crippen LogP contribution >= 0.6 is 0 Å². The van der Waals surface area contributed by atoms with Crippen molar-refractivity contribution in [1.29, 1.82) is 0 Å². The summed E-state index contributed by atoms with van der Waals surface area (Å²) in [6.45, 7) is 2.46. The van der Waals surface area contributed by atoms with Crippen LogP contribution in [0.25, 0.3) is 11.0 Å². The van der Waals surface area contributed by atoms with Crippen molar-refractivity contribution in [2.24, 2.45) is 5.73 Å². The number of methoxy groups -OCH3 is 1. The Morgan fingerprint density at radius 3 is 3.00 bits per heavy atom. The lowest BCUT2D eigenvalue weighted by atomic mass is 10.2. The van der Waals surface area contributed by atoms with Gasteiger partial charge in [0.15, 0.2) is 0 Å². The second-order valence-corrected chi connectivity index (χ2v) is 3.52. The third kappa shape index (κ3) is 1.73. The molecule has 0 saturated carbocycles. The molecule has 2 rings (SSSR count). The molecule has 2 aromatic rings. The highest BCUT2D eigenvalue weighted by Gasteiger charge is 2.11. The maximum Gasteiger partial charge on any atom is 0.136 e. The van der Waals surface area contributed by atoms with Gasteiger partial charge in [0, 0.05) is 13.7 Å². The van der Waals surface area contributed by atoms with Gasteiger partial charge in [0.05, 0.1) is 11.0 Å².